The third kappa shape index (κ3) is 3.45. The molecular formula is C12H14ClNO4. The summed E-state index contributed by atoms with van der Waals surface area (Å²) in [6, 6.07) is 5.36. The zero-order valence-electron chi connectivity index (χ0n) is 9.80. The fourth-order valence-electron chi connectivity index (χ4n) is 1.49. The Morgan fingerprint density at radius 1 is 1.56 bits per heavy atom. The van der Waals surface area contributed by atoms with Gasteiger partial charge in [0.15, 0.2) is 6.04 Å². The fourth-order valence-corrected chi connectivity index (χ4v) is 1.74. The monoisotopic (exact) mass is 271 g/mol. The number of hydrogen-bond donors (Lipinski definition) is 2. The van der Waals surface area contributed by atoms with Crippen LogP contribution in [0.5, 0.6) is 0 Å². The molecular weight excluding hydrogens is 258 g/mol. The minimum Gasteiger partial charge on any atom is -0.464 e. The molecule has 0 saturated carbocycles. The zero-order valence-corrected chi connectivity index (χ0v) is 10.6. The van der Waals surface area contributed by atoms with Crippen molar-refractivity contribution in [2.24, 2.45) is 0 Å². The van der Waals surface area contributed by atoms with Crippen LogP contribution in [0, 0.1) is 0 Å². The molecule has 0 aliphatic heterocycles. The molecule has 0 aromatic heterocycles. The second-order valence-electron chi connectivity index (χ2n) is 3.48. The molecule has 6 heteroatoms. The van der Waals surface area contributed by atoms with E-state index in [1.807, 2.05) is 0 Å². The SMILES string of the molecule is CCOC(=O)C(NC=O)C(O)c1ccccc1Cl. The molecule has 0 bridgehead atoms. The summed E-state index contributed by atoms with van der Waals surface area (Å²) in [7, 11) is 0. The van der Waals surface area contributed by atoms with Crippen molar-refractivity contribution >= 4 is 24.0 Å². The van der Waals surface area contributed by atoms with E-state index in [0.29, 0.717) is 17.0 Å². The molecule has 1 amide bonds. The van der Waals surface area contributed by atoms with Gasteiger partial charge in [-0.2, -0.15) is 0 Å². The second kappa shape index (κ2) is 6.98. The summed E-state index contributed by atoms with van der Waals surface area (Å²) in [5.41, 5.74) is 0.353. The first-order chi connectivity index (χ1) is 8.61. The van der Waals surface area contributed by atoms with Crippen LogP contribution < -0.4 is 5.32 Å². The minimum absolute atomic E-state index is 0.158. The number of amides is 1. The summed E-state index contributed by atoms with van der Waals surface area (Å²) in [5, 5.41) is 12.6. The second-order valence-corrected chi connectivity index (χ2v) is 3.89. The lowest BCUT2D eigenvalue weighted by molar-refractivity contribution is -0.149. The number of carbonyl (C=O) groups excluding carboxylic acids is 2. The van der Waals surface area contributed by atoms with Crippen LogP contribution in [-0.2, 0) is 14.3 Å². The van der Waals surface area contributed by atoms with Crippen LogP contribution in [0.2, 0.25) is 5.02 Å². The van der Waals surface area contributed by atoms with Gasteiger partial charge in [0.25, 0.3) is 0 Å². The molecule has 5 nitrogen and oxygen atoms in total. The quantitative estimate of drug-likeness (QED) is 0.599. The first-order valence-corrected chi connectivity index (χ1v) is 5.78. The maximum Gasteiger partial charge on any atom is 0.331 e. The van der Waals surface area contributed by atoms with Gasteiger partial charge in [0, 0.05) is 10.6 Å². The number of aliphatic hydroxyl groups is 1. The van der Waals surface area contributed by atoms with E-state index in [9.17, 15) is 14.7 Å². The van der Waals surface area contributed by atoms with Gasteiger partial charge in [0.05, 0.1) is 6.61 Å². The van der Waals surface area contributed by atoms with Crippen LogP contribution in [-0.4, -0.2) is 30.1 Å². The fraction of sp³-hybridized carbons (Fsp3) is 0.333. The van der Waals surface area contributed by atoms with E-state index >= 15 is 0 Å². The first kappa shape index (κ1) is 14.5. The molecule has 2 N–H and O–H groups in total. The third-order valence-electron chi connectivity index (χ3n) is 2.33. The maximum absolute atomic E-state index is 11.6. The summed E-state index contributed by atoms with van der Waals surface area (Å²) < 4.78 is 4.78. The van der Waals surface area contributed by atoms with Gasteiger partial charge in [-0.25, -0.2) is 4.79 Å². The lowest BCUT2D eigenvalue weighted by Crippen LogP contribution is -2.42. The van der Waals surface area contributed by atoms with E-state index in [1.165, 1.54) is 0 Å². The lowest BCUT2D eigenvalue weighted by atomic mass is 10.0. The van der Waals surface area contributed by atoms with Crippen LogP contribution in [0.1, 0.15) is 18.6 Å². The molecule has 0 fully saturated rings. The van der Waals surface area contributed by atoms with Gasteiger partial charge in [-0.15, -0.1) is 0 Å². The number of aliphatic hydroxyl groups excluding tert-OH is 1. The highest BCUT2D eigenvalue weighted by Gasteiger charge is 2.30. The molecule has 0 radical (unpaired) electrons. The predicted molar refractivity (Wildman–Crippen MR) is 66.0 cm³/mol. The van der Waals surface area contributed by atoms with Crippen molar-refractivity contribution in [2.75, 3.05) is 6.61 Å². The smallest absolute Gasteiger partial charge is 0.331 e. The topological polar surface area (TPSA) is 75.6 Å². The van der Waals surface area contributed by atoms with Crippen molar-refractivity contribution in [1.29, 1.82) is 0 Å². The zero-order chi connectivity index (χ0) is 13.5. The van der Waals surface area contributed by atoms with Crippen molar-refractivity contribution in [2.45, 2.75) is 19.1 Å². The summed E-state index contributed by atoms with van der Waals surface area (Å²) in [5.74, 6) is -0.711. The van der Waals surface area contributed by atoms with Gasteiger partial charge in [0.1, 0.15) is 6.10 Å². The van der Waals surface area contributed by atoms with Gasteiger partial charge >= 0.3 is 5.97 Å². The average Bonchev–Trinajstić information content (AvgIpc) is 2.36. The number of halogens is 1. The molecule has 98 valence electrons. The molecule has 18 heavy (non-hydrogen) atoms. The van der Waals surface area contributed by atoms with Gasteiger partial charge in [-0.3, -0.25) is 4.79 Å². The molecule has 0 aliphatic carbocycles. The van der Waals surface area contributed by atoms with E-state index in [0.717, 1.165) is 0 Å². The van der Waals surface area contributed by atoms with E-state index < -0.39 is 18.1 Å². The molecule has 1 aromatic carbocycles. The van der Waals surface area contributed by atoms with Crippen molar-refractivity contribution in [1.82, 2.24) is 5.32 Å². The molecule has 2 atom stereocenters. The Morgan fingerprint density at radius 3 is 2.78 bits per heavy atom. The van der Waals surface area contributed by atoms with E-state index in [4.69, 9.17) is 16.3 Å². The van der Waals surface area contributed by atoms with Crippen LogP contribution in [0.15, 0.2) is 24.3 Å². The standard InChI is InChI=1S/C12H14ClNO4/c1-2-18-12(17)10(14-7-15)11(16)8-5-3-4-6-9(8)13/h3-7,10-11,16H,2H2,1H3,(H,14,15). The Labute approximate surface area is 110 Å². The number of hydrogen-bond acceptors (Lipinski definition) is 4. The Bertz CT molecular complexity index is 424. The van der Waals surface area contributed by atoms with Crippen LogP contribution in [0.4, 0.5) is 0 Å². The minimum atomic E-state index is -1.26. The third-order valence-corrected chi connectivity index (χ3v) is 2.67. The van der Waals surface area contributed by atoms with Crippen LogP contribution >= 0.6 is 11.6 Å². The first-order valence-electron chi connectivity index (χ1n) is 5.40. The molecule has 0 heterocycles. The average molecular weight is 272 g/mol. The number of benzene rings is 1. The van der Waals surface area contributed by atoms with Gasteiger partial charge in [-0.05, 0) is 13.0 Å². The molecule has 1 aromatic rings. The predicted octanol–water partition coefficient (Wildman–Crippen LogP) is 1.05. The molecule has 0 spiro atoms. The number of nitrogens with one attached hydrogen (secondary N) is 1. The Hall–Kier alpha value is -1.59. The Kier molecular flexibility index (Phi) is 5.61. The number of rotatable bonds is 6. The van der Waals surface area contributed by atoms with Gasteiger partial charge in [-0.1, -0.05) is 29.8 Å². The van der Waals surface area contributed by atoms with Crippen LogP contribution in [0.3, 0.4) is 0 Å². The highest BCUT2D eigenvalue weighted by atomic mass is 35.5. The van der Waals surface area contributed by atoms with Crippen molar-refractivity contribution in [3.05, 3.63) is 34.9 Å². The summed E-state index contributed by atoms with van der Waals surface area (Å²) in [6.45, 7) is 1.79. The maximum atomic E-state index is 11.6. The summed E-state index contributed by atoms with van der Waals surface area (Å²) in [4.78, 5) is 22.1. The molecule has 0 aliphatic rings. The van der Waals surface area contributed by atoms with E-state index in [1.54, 1.807) is 31.2 Å². The largest absolute Gasteiger partial charge is 0.464 e. The van der Waals surface area contributed by atoms with E-state index in [-0.39, 0.29) is 6.61 Å². The highest BCUT2D eigenvalue weighted by Crippen LogP contribution is 2.25. The molecule has 2 unspecified atom stereocenters. The Morgan fingerprint density at radius 2 is 2.22 bits per heavy atom. The van der Waals surface area contributed by atoms with Crippen molar-refractivity contribution in [3.8, 4) is 0 Å². The van der Waals surface area contributed by atoms with E-state index in [2.05, 4.69) is 5.32 Å². The van der Waals surface area contributed by atoms with Crippen LogP contribution in [0.25, 0.3) is 0 Å². The normalized spacial score (nSPS) is 13.5. The summed E-state index contributed by atoms with van der Waals surface area (Å²) in [6.07, 6.45) is -0.926. The Balaban J connectivity index is 2.95. The lowest BCUT2D eigenvalue weighted by Gasteiger charge is -2.21. The highest BCUT2D eigenvalue weighted by molar-refractivity contribution is 6.31. The number of carbonyl (C=O) groups is 2. The van der Waals surface area contributed by atoms with Gasteiger partial charge in [0.2, 0.25) is 6.41 Å². The number of ether oxygens (including phenoxy) is 1. The molecule has 0 saturated heterocycles. The van der Waals surface area contributed by atoms with Crippen molar-refractivity contribution < 1.29 is 19.4 Å². The molecule has 1 rings (SSSR count). The summed E-state index contributed by atoms with van der Waals surface area (Å²) >= 11 is 5.92. The number of esters is 1. The van der Waals surface area contributed by atoms with Gasteiger partial charge < -0.3 is 15.2 Å². The van der Waals surface area contributed by atoms with Crippen molar-refractivity contribution in [3.63, 3.8) is 0 Å².